The van der Waals surface area contributed by atoms with Gasteiger partial charge in [0, 0.05) is 19.0 Å². The van der Waals surface area contributed by atoms with Crippen molar-refractivity contribution >= 4 is 5.91 Å². The Kier molecular flexibility index (Phi) is 2.77. The van der Waals surface area contributed by atoms with Gasteiger partial charge in [0.25, 0.3) is 5.91 Å². The minimum absolute atomic E-state index is 0.00750. The second-order valence-corrected chi connectivity index (χ2v) is 4.05. The van der Waals surface area contributed by atoms with Gasteiger partial charge in [-0.2, -0.15) is 0 Å². The average molecular weight is 209 g/mol. The third-order valence-electron chi connectivity index (χ3n) is 2.96. The highest BCUT2D eigenvalue weighted by atomic mass is 16.3. The lowest BCUT2D eigenvalue weighted by Gasteiger charge is -2.16. The van der Waals surface area contributed by atoms with Crippen LogP contribution in [0, 0.1) is 5.92 Å². The molecule has 0 aliphatic carbocycles. The van der Waals surface area contributed by atoms with Crippen LogP contribution in [0.4, 0.5) is 0 Å². The summed E-state index contributed by atoms with van der Waals surface area (Å²) in [7, 11) is 0. The van der Waals surface area contributed by atoms with Gasteiger partial charge in [-0.15, -0.1) is 0 Å². The van der Waals surface area contributed by atoms with Crippen molar-refractivity contribution in [1.82, 2.24) is 4.90 Å². The molecule has 1 amide bonds. The standard InChI is InChI=1S/C11H15NO3/c1-8(13)9-2-4-12(6-9)11(14)10-3-5-15-7-10/h3,5,7-9,13H,2,4,6H2,1H3. The van der Waals surface area contributed by atoms with Gasteiger partial charge in [0.2, 0.25) is 0 Å². The molecule has 2 heterocycles. The third-order valence-corrected chi connectivity index (χ3v) is 2.96. The van der Waals surface area contributed by atoms with Crippen LogP contribution in [0.5, 0.6) is 0 Å². The van der Waals surface area contributed by atoms with Gasteiger partial charge in [-0.3, -0.25) is 4.79 Å². The number of carbonyl (C=O) groups excluding carboxylic acids is 1. The molecule has 2 unspecified atom stereocenters. The van der Waals surface area contributed by atoms with Crippen molar-refractivity contribution < 1.29 is 14.3 Å². The highest BCUT2D eigenvalue weighted by Gasteiger charge is 2.29. The zero-order chi connectivity index (χ0) is 10.8. The number of carbonyl (C=O) groups is 1. The highest BCUT2D eigenvalue weighted by Crippen LogP contribution is 2.21. The number of likely N-dealkylation sites (tertiary alicyclic amines) is 1. The molecular weight excluding hydrogens is 194 g/mol. The Labute approximate surface area is 88.5 Å². The van der Waals surface area contributed by atoms with Crippen LogP contribution in [-0.2, 0) is 0 Å². The van der Waals surface area contributed by atoms with Crippen LogP contribution in [0.25, 0.3) is 0 Å². The van der Waals surface area contributed by atoms with Gasteiger partial charge in [-0.25, -0.2) is 0 Å². The van der Waals surface area contributed by atoms with E-state index in [1.165, 1.54) is 12.5 Å². The van der Waals surface area contributed by atoms with E-state index in [2.05, 4.69) is 0 Å². The lowest BCUT2D eigenvalue weighted by atomic mass is 10.0. The lowest BCUT2D eigenvalue weighted by Crippen LogP contribution is -2.30. The molecule has 1 aromatic rings. The number of furan rings is 1. The fourth-order valence-electron chi connectivity index (χ4n) is 1.93. The first-order chi connectivity index (χ1) is 7.18. The van der Waals surface area contributed by atoms with E-state index in [1.807, 2.05) is 0 Å². The first kappa shape index (κ1) is 10.2. The number of hydrogen-bond acceptors (Lipinski definition) is 3. The Hall–Kier alpha value is -1.29. The molecule has 0 radical (unpaired) electrons. The van der Waals surface area contributed by atoms with E-state index < -0.39 is 0 Å². The van der Waals surface area contributed by atoms with Crippen LogP contribution in [0.1, 0.15) is 23.7 Å². The Balaban J connectivity index is 1.99. The summed E-state index contributed by atoms with van der Waals surface area (Å²) in [6.07, 6.45) is 3.49. The molecule has 82 valence electrons. The van der Waals surface area contributed by atoms with E-state index in [0.717, 1.165) is 13.0 Å². The van der Waals surface area contributed by atoms with Crippen molar-refractivity contribution in [3.63, 3.8) is 0 Å². The second kappa shape index (κ2) is 4.06. The van der Waals surface area contributed by atoms with E-state index in [-0.39, 0.29) is 17.9 Å². The zero-order valence-corrected chi connectivity index (χ0v) is 8.72. The van der Waals surface area contributed by atoms with Crippen LogP contribution < -0.4 is 0 Å². The maximum absolute atomic E-state index is 11.9. The molecule has 4 nitrogen and oxygen atoms in total. The molecule has 1 aliphatic rings. The quantitative estimate of drug-likeness (QED) is 0.794. The summed E-state index contributed by atoms with van der Waals surface area (Å²) in [5.41, 5.74) is 0.584. The van der Waals surface area contributed by atoms with Gasteiger partial charge < -0.3 is 14.4 Å². The SMILES string of the molecule is CC(O)C1CCN(C(=O)c2ccoc2)C1. The largest absolute Gasteiger partial charge is 0.472 e. The topological polar surface area (TPSA) is 53.7 Å². The molecule has 1 N–H and O–H groups in total. The van der Waals surface area contributed by atoms with Crippen LogP contribution in [0.2, 0.25) is 0 Å². The molecule has 2 atom stereocenters. The predicted octanol–water partition coefficient (Wildman–Crippen LogP) is 1.12. The van der Waals surface area contributed by atoms with E-state index >= 15 is 0 Å². The van der Waals surface area contributed by atoms with E-state index in [0.29, 0.717) is 12.1 Å². The molecular formula is C11H15NO3. The summed E-state index contributed by atoms with van der Waals surface area (Å²) in [5, 5.41) is 9.43. The minimum atomic E-state index is -0.341. The Morgan fingerprint density at radius 3 is 3.07 bits per heavy atom. The van der Waals surface area contributed by atoms with E-state index in [1.54, 1.807) is 17.9 Å². The maximum Gasteiger partial charge on any atom is 0.257 e. The Morgan fingerprint density at radius 2 is 2.53 bits per heavy atom. The Bertz CT molecular complexity index is 332. The molecule has 2 rings (SSSR count). The number of aliphatic hydroxyl groups excluding tert-OH is 1. The fourth-order valence-corrected chi connectivity index (χ4v) is 1.93. The number of rotatable bonds is 2. The molecule has 15 heavy (non-hydrogen) atoms. The van der Waals surface area contributed by atoms with Crippen LogP contribution in [0.15, 0.2) is 23.0 Å². The monoisotopic (exact) mass is 209 g/mol. The number of aliphatic hydroxyl groups is 1. The molecule has 0 aromatic carbocycles. The molecule has 1 aliphatic heterocycles. The summed E-state index contributed by atoms with van der Waals surface area (Å²) < 4.78 is 4.87. The van der Waals surface area contributed by atoms with Crippen LogP contribution in [-0.4, -0.2) is 35.1 Å². The van der Waals surface area contributed by atoms with Crippen LogP contribution in [0.3, 0.4) is 0 Å². The highest BCUT2D eigenvalue weighted by molar-refractivity contribution is 5.93. The number of hydrogen-bond donors (Lipinski definition) is 1. The second-order valence-electron chi connectivity index (χ2n) is 4.05. The minimum Gasteiger partial charge on any atom is -0.472 e. The van der Waals surface area contributed by atoms with Crippen molar-refractivity contribution in [2.75, 3.05) is 13.1 Å². The average Bonchev–Trinajstić information content (AvgIpc) is 2.88. The molecule has 0 spiro atoms. The van der Waals surface area contributed by atoms with Crippen LogP contribution >= 0.6 is 0 Å². The van der Waals surface area contributed by atoms with Gasteiger partial charge >= 0.3 is 0 Å². The molecule has 1 aromatic heterocycles. The van der Waals surface area contributed by atoms with Crippen molar-refractivity contribution in [1.29, 1.82) is 0 Å². The van der Waals surface area contributed by atoms with Gasteiger partial charge in [0.05, 0.1) is 17.9 Å². The smallest absolute Gasteiger partial charge is 0.257 e. The first-order valence-corrected chi connectivity index (χ1v) is 5.18. The van der Waals surface area contributed by atoms with E-state index in [9.17, 15) is 9.90 Å². The molecule has 4 heteroatoms. The third kappa shape index (κ3) is 2.04. The van der Waals surface area contributed by atoms with Crippen molar-refractivity contribution in [3.05, 3.63) is 24.2 Å². The molecule has 0 saturated carbocycles. The lowest BCUT2D eigenvalue weighted by molar-refractivity contribution is 0.0762. The summed E-state index contributed by atoms with van der Waals surface area (Å²) in [6.45, 7) is 3.14. The Morgan fingerprint density at radius 1 is 1.73 bits per heavy atom. The van der Waals surface area contributed by atoms with Crippen molar-refractivity contribution in [2.45, 2.75) is 19.4 Å². The molecule has 0 bridgehead atoms. The molecule has 1 fully saturated rings. The van der Waals surface area contributed by atoms with Gasteiger partial charge in [-0.1, -0.05) is 0 Å². The zero-order valence-electron chi connectivity index (χ0n) is 8.72. The summed E-state index contributed by atoms with van der Waals surface area (Å²) in [4.78, 5) is 13.6. The summed E-state index contributed by atoms with van der Waals surface area (Å²) in [6, 6.07) is 1.66. The summed E-state index contributed by atoms with van der Waals surface area (Å²) >= 11 is 0. The number of nitrogens with zero attached hydrogens (tertiary/aromatic N) is 1. The summed E-state index contributed by atoms with van der Waals surface area (Å²) in [5.74, 6) is 0.202. The predicted molar refractivity (Wildman–Crippen MR) is 54.4 cm³/mol. The normalized spacial score (nSPS) is 23.1. The van der Waals surface area contributed by atoms with Crippen molar-refractivity contribution in [3.8, 4) is 0 Å². The molecule has 1 saturated heterocycles. The van der Waals surface area contributed by atoms with E-state index in [4.69, 9.17) is 4.42 Å². The van der Waals surface area contributed by atoms with Gasteiger partial charge in [-0.05, 0) is 19.4 Å². The number of amides is 1. The maximum atomic E-state index is 11.9. The fraction of sp³-hybridized carbons (Fsp3) is 0.545. The first-order valence-electron chi connectivity index (χ1n) is 5.18. The van der Waals surface area contributed by atoms with Gasteiger partial charge in [0.15, 0.2) is 0 Å². The van der Waals surface area contributed by atoms with Crippen molar-refractivity contribution in [2.24, 2.45) is 5.92 Å². The van der Waals surface area contributed by atoms with Gasteiger partial charge in [0.1, 0.15) is 6.26 Å².